The van der Waals surface area contributed by atoms with Crippen LogP contribution in [0.5, 0.6) is 0 Å². The molecule has 1 aliphatic carbocycles. The summed E-state index contributed by atoms with van der Waals surface area (Å²) in [4.78, 5) is 25.7. The van der Waals surface area contributed by atoms with Crippen LogP contribution in [-0.2, 0) is 11.3 Å². The molecule has 0 aliphatic heterocycles. The summed E-state index contributed by atoms with van der Waals surface area (Å²) < 4.78 is 17.2. The van der Waals surface area contributed by atoms with Crippen molar-refractivity contribution in [3.05, 3.63) is 57.4 Å². The van der Waals surface area contributed by atoms with Crippen molar-refractivity contribution in [2.45, 2.75) is 65.1 Å². The molecule has 1 N–H and O–H groups in total. The number of halogens is 1. The van der Waals surface area contributed by atoms with Crippen molar-refractivity contribution in [2.75, 3.05) is 0 Å². The zero-order chi connectivity index (χ0) is 21.6. The number of aromatic nitrogens is 4. The smallest absolute Gasteiger partial charge is 0.278 e. The van der Waals surface area contributed by atoms with Gasteiger partial charge in [-0.25, -0.2) is 9.07 Å². The fraction of sp³-hybridized carbons (Fsp3) is 0.455. The molecule has 0 saturated heterocycles. The first-order chi connectivity index (χ1) is 14.3. The summed E-state index contributed by atoms with van der Waals surface area (Å²) in [6.45, 7) is 7.30. The van der Waals surface area contributed by atoms with Crippen LogP contribution < -0.4 is 10.9 Å². The van der Waals surface area contributed by atoms with Crippen LogP contribution in [0.25, 0.3) is 10.9 Å². The lowest BCUT2D eigenvalue weighted by Crippen LogP contribution is -2.35. The first-order valence-corrected chi connectivity index (χ1v) is 10.3. The second kappa shape index (κ2) is 7.66. The average molecular weight is 411 g/mol. The van der Waals surface area contributed by atoms with Crippen molar-refractivity contribution in [1.29, 1.82) is 0 Å². The van der Waals surface area contributed by atoms with E-state index in [-0.39, 0.29) is 24.0 Å². The molecular formula is C22H26FN5O2. The normalized spacial score (nSPS) is 15.0. The van der Waals surface area contributed by atoms with Gasteiger partial charge in [-0.15, -0.1) is 0 Å². The van der Waals surface area contributed by atoms with Crippen molar-refractivity contribution in [1.82, 2.24) is 24.9 Å². The van der Waals surface area contributed by atoms with E-state index in [4.69, 9.17) is 0 Å². The van der Waals surface area contributed by atoms with Crippen LogP contribution in [0.2, 0.25) is 0 Å². The molecule has 1 aromatic carbocycles. The van der Waals surface area contributed by atoms with Crippen LogP contribution in [-0.4, -0.2) is 25.5 Å². The number of rotatable bonds is 6. The first-order valence-electron chi connectivity index (χ1n) is 10.3. The van der Waals surface area contributed by atoms with E-state index in [1.165, 1.54) is 6.07 Å². The van der Waals surface area contributed by atoms with Crippen molar-refractivity contribution in [3.63, 3.8) is 0 Å². The highest BCUT2D eigenvalue weighted by atomic mass is 19.1. The predicted octanol–water partition coefficient (Wildman–Crippen LogP) is 3.38. The standard InChI is InChI=1S/C22H26FN5O2/c1-12(2)28-18-10-24-27(22(30)20(18)21(26-28)15-6-7-15)11-19(29)25-14(4)16-8-5-13(3)9-17(16)23/h5,8-10,12,14-15H,6-7,11H2,1-4H3,(H,25,29)/t14-/m0/s1. The van der Waals surface area contributed by atoms with Gasteiger partial charge in [0.05, 0.1) is 28.8 Å². The molecule has 4 rings (SSSR count). The molecule has 2 heterocycles. The third-order valence-corrected chi connectivity index (χ3v) is 5.49. The molecule has 3 aromatic rings. The number of nitrogens with zero attached hydrogens (tertiary/aromatic N) is 4. The molecule has 2 aromatic heterocycles. The zero-order valence-electron chi connectivity index (χ0n) is 17.6. The van der Waals surface area contributed by atoms with Gasteiger partial charge < -0.3 is 5.32 Å². The lowest BCUT2D eigenvalue weighted by Gasteiger charge is -2.16. The summed E-state index contributed by atoms with van der Waals surface area (Å²) in [5.74, 6) is -0.468. The summed E-state index contributed by atoms with van der Waals surface area (Å²) in [7, 11) is 0. The van der Waals surface area contributed by atoms with Gasteiger partial charge in [-0.1, -0.05) is 12.1 Å². The van der Waals surface area contributed by atoms with E-state index in [9.17, 15) is 14.0 Å². The number of amides is 1. The van der Waals surface area contributed by atoms with Gasteiger partial charge >= 0.3 is 0 Å². The van der Waals surface area contributed by atoms with Crippen molar-refractivity contribution in [3.8, 4) is 0 Å². The first kappa shape index (κ1) is 20.3. The fourth-order valence-electron chi connectivity index (χ4n) is 3.75. The molecule has 8 heteroatoms. The molecule has 1 aliphatic rings. The lowest BCUT2D eigenvalue weighted by molar-refractivity contribution is -0.122. The van der Waals surface area contributed by atoms with Gasteiger partial charge in [-0.2, -0.15) is 10.2 Å². The van der Waals surface area contributed by atoms with E-state index < -0.39 is 11.9 Å². The van der Waals surface area contributed by atoms with E-state index in [2.05, 4.69) is 15.5 Å². The van der Waals surface area contributed by atoms with Gasteiger partial charge in [-0.3, -0.25) is 14.3 Å². The minimum absolute atomic E-state index is 0.102. The molecule has 7 nitrogen and oxygen atoms in total. The molecule has 1 fully saturated rings. The number of benzene rings is 1. The van der Waals surface area contributed by atoms with Gasteiger partial charge in [-0.05, 0) is 52.2 Å². The maximum Gasteiger partial charge on any atom is 0.278 e. The molecule has 158 valence electrons. The van der Waals surface area contributed by atoms with Crippen LogP contribution in [0.15, 0.2) is 29.2 Å². The van der Waals surface area contributed by atoms with Gasteiger partial charge in [0.15, 0.2) is 0 Å². The number of fused-ring (bicyclic) bond motifs is 1. The Morgan fingerprint density at radius 1 is 1.30 bits per heavy atom. The Labute approximate surface area is 173 Å². The molecule has 0 unspecified atom stereocenters. The molecule has 1 amide bonds. The van der Waals surface area contributed by atoms with E-state index in [1.807, 2.05) is 25.5 Å². The van der Waals surface area contributed by atoms with Crippen LogP contribution in [0.3, 0.4) is 0 Å². The van der Waals surface area contributed by atoms with E-state index in [0.29, 0.717) is 22.4 Å². The SMILES string of the molecule is Cc1ccc([C@H](C)NC(=O)Cn2ncc3c(c(C4CC4)nn3C(C)C)c2=O)c(F)c1. The highest BCUT2D eigenvalue weighted by molar-refractivity contribution is 5.82. The molecule has 0 spiro atoms. The van der Waals surface area contributed by atoms with Crippen molar-refractivity contribution in [2.24, 2.45) is 0 Å². The van der Waals surface area contributed by atoms with Gasteiger partial charge in [0.25, 0.3) is 5.56 Å². The highest BCUT2D eigenvalue weighted by Gasteiger charge is 2.31. The van der Waals surface area contributed by atoms with Gasteiger partial charge in [0, 0.05) is 17.5 Å². The van der Waals surface area contributed by atoms with E-state index in [0.717, 1.165) is 28.8 Å². The molecule has 0 bridgehead atoms. The summed E-state index contributed by atoms with van der Waals surface area (Å²) in [5.41, 5.74) is 2.40. The third-order valence-electron chi connectivity index (χ3n) is 5.49. The number of carbonyl (C=O) groups excluding carboxylic acids is 1. The molecule has 1 atom stereocenters. The largest absolute Gasteiger partial charge is 0.348 e. The summed E-state index contributed by atoms with van der Waals surface area (Å²) in [5, 5.41) is 12.2. The van der Waals surface area contributed by atoms with Crippen LogP contribution in [0.1, 0.15) is 68.4 Å². The predicted molar refractivity (Wildman–Crippen MR) is 112 cm³/mol. The van der Waals surface area contributed by atoms with Gasteiger partial charge in [0.2, 0.25) is 5.91 Å². The monoisotopic (exact) mass is 411 g/mol. The Morgan fingerprint density at radius 3 is 2.67 bits per heavy atom. The van der Waals surface area contributed by atoms with Gasteiger partial charge in [0.1, 0.15) is 12.4 Å². The van der Waals surface area contributed by atoms with Crippen LogP contribution in [0, 0.1) is 12.7 Å². The Morgan fingerprint density at radius 2 is 2.03 bits per heavy atom. The summed E-state index contributed by atoms with van der Waals surface area (Å²) in [6.07, 6.45) is 3.64. The number of hydrogen-bond donors (Lipinski definition) is 1. The van der Waals surface area contributed by atoms with E-state index in [1.54, 1.807) is 25.3 Å². The maximum absolute atomic E-state index is 14.2. The molecule has 1 saturated carbocycles. The second-order valence-electron chi connectivity index (χ2n) is 8.38. The Bertz CT molecular complexity index is 1180. The van der Waals surface area contributed by atoms with Crippen molar-refractivity contribution < 1.29 is 9.18 Å². The second-order valence-corrected chi connectivity index (χ2v) is 8.38. The molecule has 0 radical (unpaired) electrons. The number of aryl methyl sites for hydroxylation is 1. The minimum Gasteiger partial charge on any atom is -0.348 e. The van der Waals surface area contributed by atoms with Crippen molar-refractivity contribution >= 4 is 16.8 Å². The summed E-state index contributed by atoms with van der Waals surface area (Å²) >= 11 is 0. The number of carbonyl (C=O) groups is 1. The van der Waals surface area contributed by atoms with Crippen LogP contribution in [0.4, 0.5) is 4.39 Å². The minimum atomic E-state index is -0.525. The third kappa shape index (κ3) is 3.74. The fourth-order valence-corrected chi connectivity index (χ4v) is 3.75. The quantitative estimate of drug-likeness (QED) is 0.674. The molecular weight excluding hydrogens is 385 g/mol. The Hall–Kier alpha value is -3.03. The zero-order valence-corrected chi connectivity index (χ0v) is 17.6. The maximum atomic E-state index is 14.2. The van der Waals surface area contributed by atoms with Crippen LogP contribution >= 0.6 is 0 Å². The average Bonchev–Trinajstić information content (AvgIpc) is 3.43. The van der Waals surface area contributed by atoms with E-state index >= 15 is 0 Å². The lowest BCUT2D eigenvalue weighted by atomic mass is 10.1. The summed E-state index contributed by atoms with van der Waals surface area (Å²) in [6, 6.07) is 4.47. The Kier molecular flexibility index (Phi) is 5.17. The number of nitrogens with one attached hydrogen (secondary N) is 1. The molecule has 30 heavy (non-hydrogen) atoms. The topological polar surface area (TPSA) is 81.8 Å². The number of hydrogen-bond acceptors (Lipinski definition) is 4. The highest BCUT2D eigenvalue weighted by Crippen LogP contribution is 2.41. The Balaban J connectivity index is 1.59.